The molecule has 1 aromatic carbocycles. The average molecular weight is 318 g/mol. The van der Waals surface area contributed by atoms with Gasteiger partial charge in [-0.1, -0.05) is 0 Å². The summed E-state index contributed by atoms with van der Waals surface area (Å²) in [6.07, 6.45) is -4.65. The summed E-state index contributed by atoms with van der Waals surface area (Å²) in [5.74, 6) is -2.26. The molecule has 1 rings (SSSR count). The Morgan fingerprint density at radius 1 is 1.38 bits per heavy atom. The molecule has 9 heteroatoms. The van der Waals surface area contributed by atoms with Crippen LogP contribution in [0.4, 0.5) is 18.9 Å². The summed E-state index contributed by atoms with van der Waals surface area (Å²) < 4.78 is 37.8. The van der Waals surface area contributed by atoms with E-state index in [1.807, 2.05) is 0 Å². The first-order valence-corrected chi connectivity index (χ1v) is 6.60. The Bertz CT molecular complexity index is 596. The highest BCUT2D eigenvalue weighted by Crippen LogP contribution is 2.32. The fourth-order valence-corrected chi connectivity index (χ4v) is 1.84. The standard InChI is InChI=1S/C12H9F3N2O3S/c13-12(14,15)7-1-2-8(11(19)20)9(5-7)17-10(18)6-21-4-3-16/h1-2,5H,4,6H2,(H,17,18)(H,19,20). The molecule has 1 amide bonds. The molecule has 0 saturated heterocycles. The molecule has 0 aliphatic carbocycles. The van der Waals surface area contributed by atoms with Crippen molar-refractivity contribution in [3.05, 3.63) is 29.3 Å². The van der Waals surface area contributed by atoms with Crippen molar-refractivity contribution in [2.45, 2.75) is 6.18 Å². The molecule has 0 fully saturated rings. The highest BCUT2D eigenvalue weighted by molar-refractivity contribution is 8.00. The number of rotatable bonds is 5. The lowest BCUT2D eigenvalue weighted by Crippen LogP contribution is -2.18. The lowest BCUT2D eigenvalue weighted by molar-refractivity contribution is -0.137. The van der Waals surface area contributed by atoms with E-state index in [1.54, 1.807) is 6.07 Å². The monoisotopic (exact) mass is 318 g/mol. The Balaban J connectivity index is 2.99. The molecule has 2 N–H and O–H groups in total. The van der Waals surface area contributed by atoms with Crippen LogP contribution in [0.25, 0.3) is 0 Å². The SMILES string of the molecule is N#CCSCC(=O)Nc1cc(C(F)(F)F)ccc1C(=O)O. The second-order valence-corrected chi connectivity index (χ2v) is 4.75. The molecule has 0 saturated carbocycles. The van der Waals surface area contributed by atoms with Gasteiger partial charge >= 0.3 is 12.1 Å². The van der Waals surface area contributed by atoms with E-state index in [0.29, 0.717) is 12.1 Å². The summed E-state index contributed by atoms with van der Waals surface area (Å²) in [5, 5.41) is 19.3. The van der Waals surface area contributed by atoms with Gasteiger partial charge in [-0.2, -0.15) is 18.4 Å². The van der Waals surface area contributed by atoms with Crippen molar-refractivity contribution in [3.8, 4) is 6.07 Å². The minimum Gasteiger partial charge on any atom is -0.478 e. The number of aromatic carboxylic acids is 1. The van der Waals surface area contributed by atoms with E-state index in [1.165, 1.54) is 0 Å². The number of carbonyl (C=O) groups is 2. The van der Waals surface area contributed by atoms with Gasteiger partial charge in [0, 0.05) is 0 Å². The first-order valence-electron chi connectivity index (χ1n) is 5.44. The van der Waals surface area contributed by atoms with Gasteiger partial charge in [0.1, 0.15) is 0 Å². The molecule has 0 unspecified atom stereocenters. The third kappa shape index (κ3) is 5.00. The molecule has 5 nitrogen and oxygen atoms in total. The van der Waals surface area contributed by atoms with Crippen LogP contribution in [-0.4, -0.2) is 28.5 Å². The van der Waals surface area contributed by atoms with Crippen LogP contribution in [-0.2, 0) is 11.0 Å². The topological polar surface area (TPSA) is 90.2 Å². The third-order valence-corrected chi connectivity index (χ3v) is 3.05. The van der Waals surface area contributed by atoms with Crippen molar-refractivity contribution in [3.63, 3.8) is 0 Å². The van der Waals surface area contributed by atoms with Crippen molar-refractivity contribution in [1.29, 1.82) is 5.26 Å². The molecule has 21 heavy (non-hydrogen) atoms. The van der Waals surface area contributed by atoms with E-state index >= 15 is 0 Å². The summed E-state index contributed by atoms with van der Waals surface area (Å²) in [7, 11) is 0. The van der Waals surface area contributed by atoms with E-state index in [4.69, 9.17) is 10.4 Å². The summed E-state index contributed by atoms with van der Waals surface area (Å²) in [6, 6.07) is 3.76. The Hall–Kier alpha value is -2.21. The van der Waals surface area contributed by atoms with Crippen molar-refractivity contribution >= 4 is 29.3 Å². The Labute approximate surface area is 121 Å². The lowest BCUT2D eigenvalue weighted by atomic mass is 10.1. The summed E-state index contributed by atoms with van der Waals surface area (Å²) in [6.45, 7) is 0. The molecule has 0 aliphatic rings. The first-order chi connectivity index (χ1) is 9.75. The van der Waals surface area contributed by atoms with Crippen LogP contribution in [0.5, 0.6) is 0 Å². The Kier molecular flexibility index (Phi) is 5.60. The number of carboxylic acid groups (broad SMARTS) is 1. The Morgan fingerprint density at radius 3 is 2.57 bits per heavy atom. The quantitative estimate of drug-likeness (QED) is 0.814. The zero-order valence-corrected chi connectivity index (χ0v) is 11.2. The van der Waals surface area contributed by atoms with Gasteiger partial charge in [0.05, 0.1) is 34.4 Å². The van der Waals surface area contributed by atoms with Crippen molar-refractivity contribution in [2.24, 2.45) is 0 Å². The van der Waals surface area contributed by atoms with Crippen molar-refractivity contribution < 1.29 is 27.9 Å². The van der Waals surface area contributed by atoms with Gasteiger partial charge in [0.2, 0.25) is 5.91 Å². The highest BCUT2D eigenvalue weighted by atomic mass is 32.2. The zero-order valence-electron chi connectivity index (χ0n) is 10.4. The minimum absolute atomic E-state index is 0.0435. The summed E-state index contributed by atoms with van der Waals surface area (Å²) in [5.41, 5.74) is -1.94. The highest BCUT2D eigenvalue weighted by Gasteiger charge is 2.31. The largest absolute Gasteiger partial charge is 0.478 e. The van der Waals surface area contributed by atoms with Gasteiger partial charge in [-0.15, -0.1) is 11.8 Å². The number of carbonyl (C=O) groups excluding carboxylic acids is 1. The Morgan fingerprint density at radius 2 is 2.05 bits per heavy atom. The number of nitriles is 1. The van der Waals surface area contributed by atoms with E-state index in [-0.39, 0.29) is 11.5 Å². The molecule has 1 aromatic rings. The summed E-state index contributed by atoms with van der Waals surface area (Å²) >= 11 is 0.962. The van der Waals surface area contributed by atoms with Crippen LogP contribution in [0.3, 0.4) is 0 Å². The van der Waals surface area contributed by atoms with E-state index in [0.717, 1.165) is 17.8 Å². The zero-order chi connectivity index (χ0) is 16.0. The summed E-state index contributed by atoms with van der Waals surface area (Å²) in [4.78, 5) is 22.5. The molecule has 0 radical (unpaired) electrons. The van der Waals surface area contributed by atoms with Crippen molar-refractivity contribution in [1.82, 2.24) is 0 Å². The minimum atomic E-state index is -4.65. The van der Waals surface area contributed by atoms with Gasteiger partial charge in [-0.3, -0.25) is 4.79 Å². The number of amides is 1. The molecule has 0 bridgehead atoms. The number of hydrogen-bond donors (Lipinski definition) is 2. The molecular weight excluding hydrogens is 309 g/mol. The van der Waals surface area contributed by atoms with Crippen LogP contribution in [0.2, 0.25) is 0 Å². The average Bonchev–Trinajstić information content (AvgIpc) is 2.37. The molecule has 0 spiro atoms. The molecule has 0 aromatic heterocycles. The van der Waals surface area contributed by atoms with Gasteiger partial charge in [-0.05, 0) is 18.2 Å². The molecular formula is C12H9F3N2O3S. The van der Waals surface area contributed by atoms with Crippen LogP contribution in [0.15, 0.2) is 18.2 Å². The van der Waals surface area contributed by atoms with E-state index < -0.39 is 34.9 Å². The fourth-order valence-electron chi connectivity index (χ4n) is 1.39. The normalized spacial score (nSPS) is 10.8. The number of alkyl halides is 3. The smallest absolute Gasteiger partial charge is 0.416 e. The number of carboxylic acids is 1. The van der Waals surface area contributed by atoms with E-state index in [2.05, 4.69) is 5.32 Å². The molecule has 0 heterocycles. The number of nitrogens with one attached hydrogen (secondary N) is 1. The molecule has 0 atom stereocenters. The maximum atomic E-state index is 12.6. The first kappa shape index (κ1) is 16.8. The van der Waals surface area contributed by atoms with Crippen LogP contribution < -0.4 is 5.32 Å². The number of anilines is 1. The van der Waals surface area contributed by atoms with Crippen LogP contribution in [0, 0.1) is 11.3 Å². The third-order valence-electron chi connectivity index (χ3n) is 2.25. The van der Waals surface area contributed by atoms with Gasteiger partial charge < -0.3 is 10.4 Å². The molecule has 0 aliphatic heterocycles. The number of hydrogen-bond acceptors (Lipinski definition) is 4. The fraction of sp³-hybridized carbons (Fsp3) is 0.250. The van der Waals surface area contributed by atoms with E-state index in [9.17, 15) is 22.8 Å². The second kappa shape index (κ2) is 6.99. The predicted molar refractivity (Wildman–Crippen MR) is 70.0 cm³/mol. The number of thioether (sulfide) groups is 1. The lowest BCUT2D eigenvalue weighted by Gasteiger charge is -2.12. The number of benzene rings is 1. The second-order valence-electron chi connectivity index (χ2n) is 3.76. The maximum absolute atomic E-state index is 12.6. The van der Waals surface area contributed by atoms with Gasteiger partial charge in [0.25, 0.3) is 0 Å². The molecule has 112 valence electrons. The number of halogens is 3. The number of nitrogens with zero attached hydrogens (tertiary/aromatic N) is 1. The van der Waals surface area contributed by atoms with Crippen molar-refractivity contribution in [2.75, 3.05) is 16.8 Å². The maximum Gasteiger partial charge on any atom is 0.416 e. The van der Waals surface area contributed by atoms with Crippen LogP contribution >= 0.6 is 11.8 Å². The predicted octanol–water partition coefficient (Wildman–Crippen LogP) is 2.60. The van der Waals surface area contributed by atoms with Gasteiger partial charge in [-0.25, -0.2) is 4.79 Å². The van der Waals surface area contributed by atoms with Crippen LogP contribution in [0.1, 0.15) is 15.9 Å². The van der Waals surface area contributed by atoms with Gasteiger partial charge in [0.15, 0.2) is 0 Å².